The third kappa shape index (κ3) is 4.99. The molecule has 0 heterocycles. The minimum absolute atomic E-state index is 0.0262. The Morgan fingerprint density at radius 1 is 1.06 bits per heavy atom. The number of benzene rings is 2. The summed E-state index contributed by atoms with van der Waals surface area (Å²) in [4.78, 5) is 24.2. The number of halogens is 5. The van der Waals surface area contributed by atoms with Crippen LogP contribution in [-0.2, 0) is 19.6 Å². The van der Waals surface area contributed by atoms with Crippen molar-refractivity contribution in [3.63, 3.8) is 0 Å². The number of hydrogen-bond acceptors (Lipinski definition) is 7. The van der Waals surface area contributed by atoms with Gasteiger partial charge >= 0.3 is 23.4 Å². The topological polar surface area (TPSA) is 110 Å². The normalized spacial score (nSPS) is 13.5. The van der Waals surface area contributed by atoms with Gasteiger partial charge in [0.05, 0.1) is 0 Å². The molecule has 2 aromatic rings. The molecule has 0 spiro atoms. The maximum absolute atomic E-state index is 13.6. The molecule has 0 aliphatic carbocycles. The summed E-state index contributed by atoms with van der Waals surface area (Å²) in [5, 5.41) is -5.64. The molecule has 0 N–H and O–H groups in total. The summed E-state index contributed by atoms with van der Waals surface area (Å²) in [6.45, 7) is 4.53. The van der Waals surface area contributed by atoms with Gasteiger partial charge in [-0.25, -0.2) is 18.0 Å². The molecule has 0 aliphatic rings. The maximum Gasteiger partial charge on any atom is 0.432 e. The zero-order valence-corrected chi connectivity index (χ0v) is 16.2. The summed E-state index contributed by atoms with van der Waals surface area (Å²) in [7, 11) is -6.87. The Morgan fingerprint density at radius 3 is 2.16 bits per heavy atom. The highest BCUT2D eigenvalue weighted by atomic mass is 32.2. The first-order chi connectivity index (χ1) is 14.1. The molecule has 0 fully saturated rings. The van der Waals surface area contributed by atoms with E-state index in [1.165, 1.54) is 31.2 Å². The number of esters is 2. The Hall–Kier alpha value is -3.06. The lowest BCUT2D eigenvalue weighted by atomic mass is 10.1. The summed E-state index contributed by atoms with van der Waals surface area (Å²) in [6.07, 6.45) is -10.7. The van der Waals surface area contributed by atoms with Crippen LogP contribution in [-0.4, -0.2) is 42.4 Å². The van der Waals surface area contributed by atoms with Crippen molar-refractivity contribution in [2.75, 3.05) is 0 Å². The molecule has 2 rings (SSSR count). The smallest absolute Gasteiger partial charge is 0.432 e. The average Bonchev–Trinajstić information content (AvgIpc) is 2.64. The van der Waals surface area contributed by atoms with Crippen molar-refractivity contribution in [2.24, 2.45) is 0 Å². The van der Waals surface area contributed by atoms with E-state index in [1.807, 2.05) is 0 Å². The second-order valence-corrected chi connectivity index (χ2v) is 7.63. The fourth-order valence-corrected chi connectivity index (χ4v) is 2.77. The van der Waals surface area contributed by atoms with Crippen molar-refractivity contribution in [1.29, 1.82) is 0 Å². The summed E-state index contributed by atoms with van der Waals surface area (Å²) in [6, 6.07) is 7.78. The Kier molecular flexibility index (Phi) is 6.43. The highest BCUT2D eigenvalue weighted by Gasteiger charge is 2.63. The lowest BCUT2D eigenvalue weighted by Gasteiger charge is -2.29. The van der Waals surface area contributed by atoms with E-state index < -0.39 is 50.9 Å². The number of hydrogen-bond donors (Lipinski definition) is 0. The van der Waals surface area contributed by atoms with Gasteiger partial charge in [0.25, 0.3) is 6.10 Å². The highest BCUT2D eigenvalue weighted by Crippen LogP contribution is 2.39. The highest BCUT2D eigenvalue weighted by molar-refractivity contribution is 7.86. The molecule has 0 bridgehead atoms. The van der Waals surface area contributed by atoms with Crippen molar-refractivity contribution in [2.45, 2.75) is 24.5 Å². The molecule has 0 aromatic heterocycles. The fraction of sp³-hybridized carbons (Fsp3) is 0.222. The van der Waals surface area contributed by atoms with Gasteiger partial charge in [0.1, 0.15) is 5.56 Å². The van der Waals surface area contributed by atoms with E-state index in [0.717, 1.165) is 6.07 Å². The standard InChI is InChI=1S/C18H13F5O7S/c1-9(2)14(24)29-13-11-6-4-3-5-10(11)7-8-12(13)15(25)30-16(17(19,20)21)18(22,23)31(26,27)28/h3-8,16H,1H2,2H3,(H,26,27,28)/p-1. The van der Waals surface area contributed by atoms with E-state index in [4.69, 9.17) is 4.74 Å². The number of ether oxygens (including phenoxy) is 2. The molecule has 0 saturated heterocycles. The van der Waals surface area contributed by atoms with E-state index in [1.54, 1.807) is 6.07 Å². The predicted molar refractivity (Wildman–Crippen MR) is 94.3 cm³/mol. The molecule has 168 valence electrons. The van der Waals surface area contributed by atoms with Gasteiger partial charge < -0.3 is 14.0 Å². The maximum atomic E-state index is 13.6. The lowest BCUT2D eigenvalue weighted by molar-refractivity contribution is -0.248. The largest absolute Gasteiger partial charge is 0.743 e. The first-order valence-electron chi connectivity index (χ1n) is 8.07. The summed E-state index contributed by atoms with van der Waals surface area (Å²) >= 11 is 0. The first kappa shape index (κ1) is 24.2. The van der Waals surface area contributed by atoms with Gasteiger partial charge in [-0.15, -0.1) is 0 Å². The van der Waals surface area contributed by atoms with Crippen LogP contribution in [0.2, 0.25) is 0 Å². The van der Waals surface area contributed by atoms with Crippen LogP contribution >= 0.6 is 0 Å². The van der Waals surface area contributed by atoms with E-state index in [-0.39, 0.29) is 11.0 Å². The SMILES string of the molecule is C=C(C)C(=O)Oc1c(C(=O)OC(C(F)(F)F)C(F)(F)S(=O)(=O)[O-])ccc2ccccc12. The lowest BCUT2D eigenvalue weighted by Crippen LogP contribution is -2.52. The molecule has 13 heteroatoms. The number of carbonyl (C=O) groups excluding carboxylic acids is 2. The van der Waals surface area contributed by atoms with Crippen LogP contribution < -0.4 is 4.74 Å². The van der Waals surface area contributed by atoms with Crippen molar-refractivity contribution < 1.29 is 54.0 Å². The molecule has 2 aromatic carbocycles. The molecule has 0 amide bonds. The molecule has 7 nitrogen and oxygen atoms in total. The van der Waals surface area contributed by atoms with Crippen LogP contribution in [0.3, 0.4) is 0 Å². The van der Waals surface area contributed by atoms with Crippen LogP contribution in [0.15, 0.2) is 48.6 Å². The van der Waals surface area contributed by atoms with E-state index in [9.17, 15) is 44.5 Å². The predicted octanol–water partition coefficient (Wildman–Crippen LogP) is 3.55. The average molecular weight is 467 g/mol. The zero-order valence-electron chi connectivity index (χ0n) is 15.4. The molecule has 1 unspecified atom stereocenters. The van der Waals surface area contributed by atoms with E-state index >= 15 is 0 Å². The molecule has 1 atom stereocenters. The van der Waals surface area contributed by atoms with Gasteiger partial charge in [-0.1, -0.05) is 36.9 Å². The van der Waals surface area contributed by atoms with E-state index in [0.29, 0.717) is 5.39 Å². The summed E-state index contributed by atoms with van der Waals surface area (Å²) in [5.74, 6) is -3.84. The van der Waals surface area contributed by atoms with E-state index in [2.05, 4.69) is 11.3 Å². The van der Waals surface area contributed by atoms with Crippen molar-refractivity contribution in [3.8, 4) is 5.75 Å². The van der Waals surface area contributed by atoms with Gasteiger partial charge in [0.15, 0.2) is 15.9 Å². The molecule has 31 heavy (non-hydrogen) atoms. The Morgan fingerprint density at radius 2 is 1.65 bits per heavy atom. The van der Waals surface area contributed by atoms with Gasteiger partial charge in [-0.05, 0) is 18.4 Å². The van der Waals surface area contributed by atoms with Gasteiger partial charge in [0, 0.05) is 11.0 Å². The molecule has 0 radical (unpaired) electrons. The zero-order chi connectivity index (χ0) is 23.8. The van der Waals surface area contributed by atoms with Crippen molar-refractivity contribution in [1.82, 2.24) is 0 Å². The Bertz CT molecular complexity index is 1160. The van der Waals surface area contributed by atoms with Crippen molar-refractivity contribution >= 4 is 32.8 Å². The molecule has 0 saturated carbocycles. The second-order valence-electron chi connectivity index (χ2n) is 6.18. The number of carbonyl (C=O) groups is 2. The number of rotatable bonds is 6. The minimum Gasteiger partial charge on any atom is -0.743 e. The summed E-state index contributed by atoms with van der Waals surface area (Å²) < 4.78 is 107. The molecular formula is C18H12F5O7S-. The minimum atomic E-state index is -6.87. The van der Waals surface area contributed by atoms with Crippen LogP contribution in [0, 0.1) is 0 Å². The fourth-order valence-electron chi connectivity index (χ4n) is 2.32. The number of alkyl halides is 5. The van der Waals surface area contributed by atoms with Gasteiger partial charge in [0.2, 0.25) is 0 Å². The molecule has 0 aliphatic heterocycles. The third-order valence-electron chi connectivity index (χ3n) is 3.80. The number of fused-ring (bicyclic) bond motifs is 1. The van der Waals surface area contributed by atoms with Crippen LogP contribution in [0.4, 0.5) is 22.0 Å². The third-order valence-corrected chi connectivity index (χ3v) is 4.68. The van der Waals surface area contributed by atoms with Gasteiger partial charge in [-0.2, -0.15) is 22.0 Å². The quantitative estimate of drug-likeness (QED) is 0.210. The summed E-state index contributed by atoms with van der Waals surface area (Å²) in [5.41, 5.74) is -1.06. The monoisotopic (exact) mass is 467 g/mol. The van der Waals surface area contributed by atoms with Crippen LogP contribution in [0.5, 0.6) is 5.75 Å². The first-order valence-corrected chi connectivity index (χ1v) is 9.48. The van der Waals surface area contributed by atoms with Crippen LogP contribution in [0.25, 0.3) is 10.8 Å². The Labute approximate surface area is 171 Å². The van der Waals surface area contributed by atoms with Crippen molar-refractivity contribution in [3.05, 3.63) is 54.1 Å². The second kappa shape index (κ2) is 8.23. The van der Waals surface area contributed by atoms with Gasteiger partial charge in [-0.3, -0.25) is 0 Å². The Balaban J connectivity index is 2.61. The van der Waals surface area contributed by atoms with Crippen LogP contribution in [0.1, 0.15) is 17.3 Å². The molecular weight excluding hydrogens is 455 g/mol.